The summed E-state index contributed by atoms with van der Waals surface area (Å²) in [7, 11) is 0. The first-order chi connectivity index (χ1) is 4.75. The topological polar surface area (TPSA) is 17.1 Å². The van der Waals surface area contributed by atoms with Gasteiger partial charge >= 0.3 is 0 Å². The van der Waals surface area contributed by atoms with Crippen molar-refractivity contribution in [3.05, 3.63) is 11.1 Å². The van der Waals surface area contributed by atoms with Crippen molar-refractivity contribution in [3.63, 3.8) is 0 Å². The predicted octanol–water partition coefficient (Wildman–Crippen LogP) is 2.47. The van der Waals surface area contributed by atoms with Gasteiger partial charge in [0.1, 0.15) is 0 Å². The summed E-state index contributed by atoms with van der Waals surface area (Å²) in [6, 6.07) is 0. The predicted molar refractivity (Wildman–Crippen MR) is 41.8 cm³/mol. The second-order valence-electron chi connectivity index (χ2n) is 2.89. The molecule has 1 fully saturated rings. The molecular weight excluding hydrogens is 124 g/mol. The monoisotopic (exact) mass is 138 g/mol. The van der Waals surface area contributed by atoms with Crippen LogP contribution < -0.4 is 0 Å². The van der Waals surface area contributed by atoms with Gasteiger partial charge in [-0.2, -0.15) is 0 Å². The van der Waals surface area contributed by atoms with Gasteiger partial charge in [0.15, 0.2) is 5.78 Å². The highest BCUT2D eigenvalue weighted by Crippen LogP contribution is 2.33. The van der Waals surface area contributed by atoms with Crippen LogP contribution in [0.25, 0.3) is 0 Å². The van der Waals surface area contributed by atoms with Gasteiger partial charge in [-0.25, -0.2) is 0 Å². The molecule has 1 saturated carbocycles. The minimum absolute atomic E-state index is 0.286. The van der Waals surface area contributed by atoms with Gasteiger partial charge in [0.05, 0.1) is 0 Å². The third-order valence-corrected chi connectivity index (χ3v) is 1.85. The molecule has 1 aliphatic carbocycles. The summed E-state index contributed by atoms with van der Waals surface area (Å²) in [5.41, 5.74) is 2.52. The van der Waals surface area contributed by atoms with Crippen LogP contribution in [0.1, 0.15) is 39.5 Å². The summed E-state index contributed by atoms with van der Waals surface area (Å²) in [5, 5.41) is 0. The van der Waals surface area contributed by atoms with Gasteiger partial charge in [-0.3, -0.25) is 4.79 Å². The zero-order valence-corrected chi connectivity index (χ0v) is 6.74. The zero-order valence-electron chi connectivity index (χ0n) is 6.74. The number of carbonyl (C=O) groups excluding carboxylic acids is 1. The molecule has 0 spiro atoms. The molecule has 56 valence electrons. The standard InChI is InChI=1S/C9H14O/c1-3-4-9(7(2)10)8-5-6-8/h3-6H2,1-2H3. The Balaban J connectivity index is 2.61. The Labute approximate surface area is 62.1 Å². The van der Waals surface area contributed by atoms with E-state index in [0.717, 1.165) is 18.4 Å². The number of hydrogen-bond acceptors (Lipinski definition) is 1. The van der Waals surface area contributed by atoms with Gasteiger partial charge in [-0.15, -0.1) is 0 Å². The smallest absolute Gasteiger partial charge is 0.155 e. The van der Waals surface area contributed by atoms with E-state index in [-0.39, 0.29) is 5.78 Å². The maximum Gasteiger partial charge on any atom is 0.155 e. The quantitative estimate of drug-likeness (QED) is 0.547. The van der Waals surface area contributed by atoms with Crippen molar-refractivity contribution in [2.75, 3.05) is 0 Å². The van der Waals surface area contributed by atoms with Gasteiger partial charge in [0, 0.05) is 0 Å². The van der Waals surface area contributed by atoms with Crippen molar-refractivity contribution >= 4 is 5.78 Å². The second kappa shape index (κ2) is 3.00. The maximum absolute atomic E-state index is 11.0. The molecular formula is C9H14O. The molecule has 1 nitrogen and oxygen atoms in total. The molecule has 10 heavy (non-hydrogen) atoms. The number of rotatable bonds is 3. The average molecular weight is 138 g/mol. The third-order valence-electron chi connectivity index (χ3n) is 1.85. The van der Waals surface area contributed by atoms with Crippen molar-refractivity contribution in [1.82, 2.24) is 0 Å². The van der Waals surface area contributed by atoms with Crippen LogP contribution in [-0.2, 0) is 4.79 Å². The van der Waals surface area contributed by atoms with E-state index in [4.69, 9.17) is 0 Å². The van der Waals surface area contributed by atoms with Gasteiger partial charge in [0.2, 0.25) is 0 Å². The molecule has 0 N–H and O–H groups in total. The van der Waals surface area contributed by atoms with Crippen LogP contribution in [0.15, 0.2) is 11.1 Å². The highest BCUT2D eigenvalue weighted by molar-refractivity contribution is 5.94. The van der Waals surface area contributed by atoms with E-state index in [1.54, 1.807) is 6.92 Å². The summed E-state index contributed by atoms with van der Waals surface area (Å²) in [6.45, 7) is 3.79. The fraction of sp³-hybridized carbons (Fsp3) is 0.667. The van der Waals surface area contributed by atoms with Crippen LogP contribution in [0.5, 0.6) is 0 Å². The van der Waals surface area contributed by atoms with Crippen LogP contribution in [-0.4, -0.2) is 5.78 Å². The van der Waals surface area contributed by atoms with Crippen LogP contribution >= 0.6 is 0 Å². The van der Waals surface area contributed by atoms with Crippen LogP contribution in [0.4, 0.5) is 0 Å². The summed E-state index contributed by atoms with van der Waals surface area (Å²) in [4.78, 5) is 11.0. The van der Waals surface area contributed by atoms with Gasteiger partial charge in [0.25, 0.3) is 0 Å². The number of ketones is 1. The zero-order chi connectivity index (χ0) is 7.56. The van der Waals surface area contributed by atoms with Crippen molar-refractivity contribution in [2.24, 2.45) is 0 Å². The minimum Gasteiger partial charge on any atom is -0.295 e. The van der Waals surface area contributed by atoms with E-state index in [2.05, 4.69) is 6.92 Å². The van der Waals surface area contributed by atoms with Gasteiger partial charge in [-0.05, 0) is 31.8 Å². The van der Waals surface area contributed by atoms with Crippen molar-refractivity contribution in [1.29, 1.82) is 0 Å². The molecule has 0 amide bonds. The lowest BCUT2D eigenvalue weighted by molar-refractivity contribution is -0.113. The molecule has 0 aliphatic heterocycles. The minimum atomic E-state index is 0.286. The van der Waals surface area contributed by atoms with Gasteiger partial charge < -0.3 is 0 Å². The Hall–Kier alpha value is -0.590. The largest absolute Gasteiger partial charge is 0.295 e. The Morgan fingerprint density at radius 3 is 2.40 bits per heavy atom. The molecule has 0 heterocycles. The lowest BCUT2D eigenvalue weighted by Gasteiger charge is -1.97. The van der Waals surface area contributed by atoms with Crippen molar-refractivity contribution in [3.8, 4) is 0 Å². The van der Waals surface area contributed by atoms with E-state index in [1.807, 2.05) is 0 Å². The number of hydrogen-bond donors (Lipinski definition) is 0. The second-order valence-corrected chi connectivity index (χ2v) is 2.89. The lowest BCUT2D eigenvalue weighted by atomic mass is 10.1. The van der Waals surface area contributed by atoms with Crippen LogP contribution in [0.3, 0.4) is 0 Å². The van der Waals surface area contributed by atoms with Crippen LogP contribution in [0.2, 0.25) is 0 Å². The highest BCUT2D eigenvalue weighted by atomic mass is 16.1. The van der Waals surface area contributed by atoms with E-state index in [9.17, 15) is 4.79 Å². The summed E-state index contributed by atoms with van der Waals surface area (Å²) < 4.78 is 0. The Kier molecular flexibility index (Phi) is 2.25. The molecule has 1 rings (SSSR count). The fourth-order valence-electron chi connectivity index (χ4n) is 1.22. The highest BCUT2D eigenvalue weighted by Gasteiger charge is 2.19. The molecule has 0 aromatic rings. The Morgan fingerprint density at radius 1 is 1.50 bits per heavy atom. The average Bonchev–Trinajstić information content (AvgIpc) is 2.63. The molecule has 0 radical (unpaired) electrons. The Morgan fingerprint density at radius 2 is 2.10 bits per heavy atom. The molecule has 1 aliphatic rings. The summed E-state index contributed by atoms with van der Waals surface area (Å²) in [5.74, 6) is 0.286. The normalized spacial score (nSPS) is 15.2. The Bertz CT molecular complexity index is 171. The van der Waals surface area contributed by atoms with E-state index in [0.29, 0.717) is 0 Å². The van der Waals surface area contributed by atoms with E-state index >= 15 is 0 Å². The molecule has 0 atom stereocenters. The summed E-state index contributed by atoms with van der Waals surface area (Å²) >= 11 is 0. The maximum atomic E-state index is 11.0. The first kappa shape index (κ1) is 7.52. The van der Waals surface area contributed by atoms with Crippen molar-refractivity contribution < 1.29 is 4.79 Å². The molecule has 0 bridgehead atoms. The first-order valence-corrected chi connectivity index (χ1v) is 3.97. The molecule has 0 unspecified atom stereocenters. The molecule has 0 aromatic carbocycles. The summed E-state index contributed by atoms with van der Waals surface area (Å²) in [6.07, 6.45) is 4.44. The molecule has 0 saturated heterocycles. The third kappa shape index (κ3) is 1.69. The van der Waals surface area contributed by atoms with Crippen molar-refractivity contribution in [2.45, 2.75) is 39.5 Å². The van der Waals surface area contributed by atoms with E-state index in [1.165, 1.54) is 18.4 Å². The first-order valence-electron chi connectivity index (χ1n) is 3.97. The number of allylic oxidation sites excluding steroid dienone is 2. The fourth-order valence-corrected chi connectivity index (χ4v) is 1.22. The molecule has 1 heteroatoms. The number of carbonyl (C=O) groups is 1. The SMILES string of the molecule is CCCC(C(C)=O)=C1CC1. The number of Topliss-reactive ketones (excluding diaryl/α,β-unsaturated/α-hetero) is 1. The molecule has 0 aromatic heterocycles. The lowest BCUT2D eigenvalue weighted by Crippen LogP contribution is -1.95. The van der Waals surface area contributed by atoms with Crippen LogP contribution in [0, 0.1) is 0 Å². The van der Waals surface area contributed by atoms with Gasteiger partial charge in [-0.1, -0.05) is 18.9 Å². The van der Waals surface area contributed by atoms with E-state index < -0.39 is 0 Å².